The molecule has 0 bridgehead atoms. The van der Waals surface area contributed by atoms with E-state index in [-0.39, 0.29) is 0 Å². The average Bonchev–Trinajstić information content (AvgIpc) is 2.74. The molecule has 2 N–H and O–H groups in total. The van der Waals surface area contributed by atoms with Crippen molar-refractivity contribution in [1.82, 2.24) is 20.2 Å². The lowest BCUT2D eigenvalue weighted by molar-refractivity contribution is 0.167. The summed E-state index contributed by atoms with van der Waals surface area (Å²) in [6.45, 7) is 0. The number of hydrogen-bond acceptors (Lipinski definition) is 4. The number of aliphatic hydroxyl groups is 1. The molecule has 0 saturated heterocycles. The minimum Gasteiger partial charge on any atom is -0.385 e. The number of H-pyrrole nitrogens is 1. The van der Waals surface area contributed by atoms with Crippen LogP contribution in [-0.2, 0) is 6.42 Å². The molecule has 0 amide bonds. The largest absolute Gasteiger partial charge is 0.385 e. The van der Waals surface area contributed by atoms with Crippen molar-refractivity contribution < 1.29 is 5.11 Å². The first-order valence-corrected chi connectivity index (χ1v) is 5.19. The second kappa shape index (κ2) is 4.50. The molecule has 5 nitrogen and oxygen atoms in total. The topological polar surface area (TPSA) is 74.7 Å². The molecule has 78 valence electrons. The van der Waals surface area contributed by atoms with Gasteiger partial charge in [-0.1, -0.05) is 0 Å². The fraction of sp³-hybridized carbons (Fsp3) is 0.222. The quantitative estimate of drug-likeness (QED) is 0.879. The lowest BCUT2D eigenvalue weighted by Crippen LogP contribution is -2.05. The van der Waals surface area contributed by atoms with Crippen molar-refractivity contribution in [2.75, 3.05) is 0 Å². The highest BCUT2D eigenvalue weighted by molar-refractivity contribution is 9.10. The van der Waals surface area contributed by atoms with Crippen molar-refractivity contribution >= 4 is 15.9 Å². The fourth-order valence-corrected chi connectivity index (χ4v) is 1.43. The molecule has 2 rings (SSSR count). The van der Waals surface area contributed by atoms with E-state index in [1.54, 1.807) is 6.20 Å². The molecular weight excluding hydrogens is 260 g/mol. The van der Waals surface area contributed by atoms with Gasteiger partial charge in [0.2, 0.25) is 0 Å². The summed E-state index contributed by atoms with van der Waals surface area (Å²) < 4.78 is 0.917. The van der Waals surface area contributed by atoms with E-state index in [2.05, 4.69) is 36.1 Å². The zero-order chi connectivity index (χ0) is 10.7. The summed E-state index contributed by atoms with van der Waals surface area (Å²) in [6.07, 6.45) is 2.79. The van der Waals surface area contributed by atoms with Crippen LogP contribution in [0.25, 0.3) is 0 Å². The second-order valence-corrected chi connectivity index (χ2v) is 3.97. The fourth-order valence-electron chi connectivity index (χ4n) is 1.20. The van der Waals surface area contributed by atoms with Gasteiger partial charge in [-0.25, -0.2) is 4.98 Å². The average molecular weight is 269 g/mol. The second-order valence-electron chi connectivity index (χ2n) is 3.06. The van der Waals surface area contributed by atoms with Crippen molar-refractivity contribution in [1.29, 1.82) is 0 Å². The number of nitrogens with zero attached hydrogens (tertiary/aromatic N) is 3. The molecule has 6 heteroatoms. The molecule has 0 aliphatic carbocycles. The molecule has 0 radical (unpaired) electrons. The SMILES string of the molecule is OC(Cc1ccc(Br)cn1)c1ncn[nH]1. The molecule has 1 unspecified atom stereocenters. The highest BCUT2D eigenvalue weighted by Crippen LogP contribution is 2.14. The van der Waals surface area contributed by atoms with Crippen LogP contribution in [0.15, 0.2) is 29.1 Å². The smallest absolute Gasteiger partial charge is 0.153 e. The number of hydrogen-bond donors (Lipinski definition) is 2. The first kappa shape index (κ1) is 10.3. The molecule has 0 aliphatic heterocycles. The van der Waals surface area contributed by atoms with E-state index in [0.717, 1.165) is 10.2 Å². The van der Waals surface area contributed by atoms with Crippen LogP contribution in [-0.4, -0.2) is 25.3 Å². The van der Waals surface area contributed by atoms with Gasteiger partial charge in [-0.05, 0) is 28.1 Å². The third-order valence-electron chi connectivity index (χ3n) is 1.94. The molecule has 2 aromatic rings. The Morgan fingerprint density at radius 3 is 2.87 bits per heavy atom. The van der Waals surface area contributed by atoms with Gasteiger partial charge in [0, 0.05) is 22.8 Å². The van der Waals surface area contributed by atoms with E-state index >= 15 is 0 Å². The summed E-state index contributed by atoms with van der Waals surface area (Å²) in [6, 6.07) is 3.74. The van der Waals surface area contributed by atoms with Gasteiger partial charge in [0.15, 0.2) is 5.82 Å². The zero-order valence-electron chi connectivity index (χ0n) is 7.76. The van der Waals surface area contributed by atoms with E-state index in [0.29, 0.717) is 12.2 Å². The normalized spacial score (nSPS) is 12.7. The third kappa shape index (κ3) is 2.60. The van der Waals surface area contributed by atoms with Crippen LogP contribution in [0.3, 0.4) is 0 Å². The predicted molar refractivity (Wildman–Crippen MR) is 57.0 cm³/mol. The number of halogens is 1. The Hall–Kier alpha value is -1.27. The zero-order valence-corrected chi connectivity index (χ0v) is 9.35. The summed E-state index contributed by atoms with van der Waals surface area (Å²) >= 11 is 3.30. The van der Waals surface area contributed by atoms with Crippen molar-refractivity contribution in [3.63, 3.8) is 0 Å². The van der Waals surface area contributed by atoms with Gasteiger partial charge in [-0.3, -0.25) is 10.1 Å². The summed E-state index contributed by atoms with van der Waals surface area (Å²) in [7, 11) is 0. The molecule has 0 fully saturated rings. The highest BCUT2D eigenvalue weighted by atomic mass is 79.9. The molecule has 0 aromatic carbocycles. The van der Waals surface area contributed by atoms with Gasteiger partial charge in [0.05, 0.1) is 0 Å². The van der Waals surface area contributed by atoms with Crippen molar-refractivity contribution in [3.8, 4) is 0 Å². The molecule has 0 aliphatic rings. The Bertz CT molecular complexity index is 414. The van der Waals surface area contributed by atoms with Gasteiger partial charge >= 0.3 is 0 Å². The Morgan fingerprint density at radius 2 is 2.27 bits per heavy atom. The number of aromatic nitrogens is 4. The first-order chi connectivity index (χ1) is 7.25. The molecule has 0 spiro atoms. The van der Waals surface area contributed by atoms with E-state index in [9.17, 15) is 5.11 Å². The lowest BCUT2D eigenvalue weighted by atomic mass is 10.2. The van der Waals surface area contributed by atoms with Gasteiger partial charge in [-0.2, -0.15) is 5.10 Å². The van der Waals surface area contributed by atoms with Crippen LogP contribution in [0.5, 0.6) is 0 Å². The van der Waals surface area contributed by atoms with Gasteiger partial charge in [-0.15, -0.1) is 0 Å². The maximum absolute atomic E-state index is 9.75. The van der Waals surface area contributed by atoms with Crippen LogP contribution >= 0.6 is 15.9 Å². The molecule has 15 heavy (non-hydrogen) atoms. The van der Waals surface area contributed by atoms with Gasteiger partial charge < -0.3 is 5.11 Å². The maximum atomic E-state index is 9.75. The van der Waals surface area contributed by atoms with E-state index in [4.69, 9.17) is 0 Å². The number of rotatable bonds is 3. The Kier molecular flexibility index (Phi) is 3.08. The molecule has 2 aromatic heterocycles. The molecule has 1 atom stereocenters. The summed E-state index contributed by atoms with van der Waals surface area (Å²) in [5.74, 6) is 0.458. The van der Waals surface area contributed by atoms with E-state index in [1.165, 1.54) is 6.33 Å². The van der Waals surface area contributed by atoms with Crippen LogP contribution < -0.4 is 0 Å². The number of aromatic amines is 1. The van der Waals surface area contributed by atoms with Crippen LogP contribution in [0.1, 0.15) is 17.6 Å². The van der Waals surface area contributed by atoms with E-state index < -0.39 is 6.10 Å². The molecular formula is C9H9BrN4O. The Labute approximate surface area is 94.7 Å². The molecule has 0 saturated carbocycles. The van der Waals surface area contributed by atoms with Crippen LogP contribution in [0, 0.1) is 0 Å². The number of pyridine rings is 1. The van der Waals surface area contributed by atoms with E-state index in [1.807, 2.05) is 12.1 Å². The lowest BCUT2D eigenvalue weighted by Gasteiger charge is -2.06. The Morgan fingerprint density at radius 1 is 1.40 bits per heavy atom. The highest BCUT2D eigenvalue weighted by Gasteiger charge is 2.11. The van der Waals surface area contributed by atoms with Crippen LogP contribution in [0.4, 0.5) is 0 Å². The van der Waals surface area contributed by atoms with Gasteiger partial charge in [0.25, 0.3) is 0 Å². The van der Waals surface area contributed by atoms with Crippen molar-refractivity contribution in [3.05, 3.63) is 40.6 Å². The van der Waals surface area contributed by atoms with Crippen molar-refractivity contribution in [2.24, 2.45) is 0 Å². The minimum absolute atomic E-state index is 0.419. The maximum Gasteiger partial charge on any atom is 0.153 e. The van der Waals surface area contributed by atoms with Crippen molar-refractivity contribution in [2.45, 2.75) is 12.5 Å². The summed E-state index contributed by atoms with van der Waals surface area (Å²) in [5.41, 5.74) is 0.808. The predicted octanol–water partition coefficient (Wildman–Crippen LogP) is 1.24. The third-order valence-corrected chi connectivity index (χ3v) is 2.41. The standard InChI is InChI=1S/C9H9BrN4O/c10-6-1-2-7(11-4-6)3-8(15)9-12-5-13-14-9/h1-2,4-5,8,15H,3H2,(H,12,13,14). The monoisotopic (exact) mass is 268 g/mol. The number of nitrogens with one attached hydrogen (secondary N) is 1. The minimum atomic E-state index is -0.693. The van der Waals surface area contributed by atoms with Gasteiger partial charge in [0.1, 0.15) is 12.4 Å². The Balaban J connectivity index is 2.06. The molecule has 2 heterocycles. The summed E-state index contributed by atoms with van der Waals surface area (Å²) in [4.78, 5) is 8.04. The number of aliphatic hydroxyl groups excluding tert-OH is 1. The van der Waals surface area contributed by atoms with Crippen LogP contribution in [0.2, 0.25) is 0 Å². The summed E-state index contributed by atoms with van der Waals surface area (Å²) in [5, 5.41) is 16.0. The first-order valence-electron chi connectivity index (χ1n) is 4.39.